The van der Waals surface area contributed by atoms with Gasteiger partial charge in [-0.3, -0.25) is 4.57 Å². The van der Waals surface area contributed by atoms with Gasteiger partial charge in [-0.05, 0) is 26.0 Å². The molecule has 5 nitrogen and oxygen atoms in total. The minimum absolute atomic E-state index is 0.0465. The summed E-state index contributed by atoms with van der Waals surface area (Å²) in [6.45, 7) is 3.76. The Morgan fingerprint density at radius 1 is 1.17 bits per heavy atom. The maximum atomic E-state index is 12.6. The van der Waals surface area contributed by atoms with Gasteiger partial charge in [0.15, 0.2) is 0 Å². The first kappa shape index (κ1) is 14.4. The number of nitriles is 2. The van der Waals surface area contributed by atoms with Crippen molar-refractivity contribution in [2.45, 2.75) is 13.8 Å². The third-order valence-electron chi connectivity index (χ3n) is 2.17. The molecule has 0 aliphatic rings. The molecule has 0 fully saturated rings. The Hall–Kier alpha value is -1.65. The molecule has 0 aliphatic heterocycles. The second-order valence-corrected chi connectivity index (χ2v) is 5.25. The van der Waals surface area contributed by atoms with Gasteiger partial charge in [0.1, 0.15) is 12.1 Å². The molecule has 0 spiro atoms. The summed E-state index contributed by atoms with van der Waals surface area (Å²) in [7, 11) is -3.54. The molecule has 1 aromatic rings. The zero-order valence-electron chi connectivity index (χ0n) is 10.2. The molecule has 1 aromatic carbocycles. The Labute approximate surface area is 106 Å². The summed E-state index contributed by atoms with van der Waals surface area (Å²) in [6.07, 6.45) is 0. The van der Waals surface area contributed by atoms with Crippen LogP contribution in [0.1, 0.15) is 25.0 Å². The smallest absolute Gasteiger partial charge is 0.305 e. The average Bonchev–Trinajstić information content (AvgIpc) is 2.38. The Bertz CT molecular complexity index is 547. The van der Waals surface area contributed by atoms with E-state index in [0.29, 0.717) is 0 Å². The first-order valence-corrected chi connectivity index (χ1v) is 7.00. The number of hydrogen-bond acceptors (Lipinski definition) is 5. The Kier molecular flexibility index (Phi) is 5.07. The third-order valence-corrected chi connectivity index (χ3v) is 4.33. The molecule has 6 heteroatoms. The first-order valence-electron chi connectivity index (χ1n) is 5.45. The van der Waals surface area contributed by atoms with E-state index >= 15 is 0 Å². The fourth-order valence-corrected chi connectivity index (χ4v) is 3.24. The van der Waals surface area contributed by atoms with Crippen LogP contribution in [-0.2, 0) is 13.6 Å². The van der Waals surface area contributed by atoms with Crippen molar-refractivity contribution < 1.29 is 13.6 Å². The summed E-state index contributed by atoms with van der Waals surface area (Å²) in [5.41, 5.74) is 0.208. The van der Waals surface area contributed by atoms with Crippen molar-refractivity contribution in [2.75, 3.05) is 13.2 Å². The average molecular weight is 264 g/mol. The Morgan fingerprint density at radius 2 is 1.78 bits per heavy atom. The van der Waals surface area contributed by atoms with Gasteiger partial charge in [0.2, 0.25) is 0 Å². The van der Waals surface area contributed by atoms with Crippen LogP contribution in [0.3, 0.4) is 0 Å². The van der Waals surface area contributed by atoms with Crippen molar-refractivity contribution >= 4 is 12.9 Å². The van der Waals surface area contributed by atoms with Gasteiger partial charge in [0.05, 0.1) is 29.6 Å². The van der Waals surface area contributed by atoms with Crippen LogP contribution in [0.25, 0.3) is 0 Å². The van der Waals surface area contributed by atoms with Gasteiger partial charge >= 0.3 is 7.60 Å². The van der Waals surface area contributed by atoms with Gasteiger partial charge in [-0.1, -0.05) is 6.07 Å². The van der Waals surface area contributed by atoms with Crippen molar-refractivity contribution in [2.24, 2.45) is 0 Å². The molecule has 0 N–H and O–H groups in total. The van der Waals surface area contributed by atoms with E-state index in [0.717, 1.165) is 0 Å². The van der Waals surface area contributed by atoms with Crippen LogP contribution < -0.4 is 5.30 Å². The molecule has 0 aromatic heterocycles. The molecule has 0 bridgehead atoms. The van der Waals surface area contributed by atoms with Gasteiger partial charge in [0.25, 0.3) is 0 Å². The highest BCUT2D eigenvalue weighted by atomic mass is 31.2. The minimum atomic E-state index is -3.54. The Balaban J connectivity index is 3.44. The van der Waals surface area contributed by atoms with E-state index in [1.54, 1.807) is 19.9 Å². The molecule has 0 saturated heterocycles. The normalized spacial score (nSPS) is 10.7. The van der Waals surface area contributed by atoms with Crippen LogP contribution in [-0.4, -0.2) is 13.2 Å². The maximum Gasteiger partial charge on any atom is 0.362 e. The van der Waals surface area contributed by atoms with Gasteiger partial charge in [-0.25, -0.2) is 0 Å². The van der Waals surface area contributed by atoms with E-state index in [9.17, 15) is 4.57 Å². The minimum Gasteiger partial charge on any atom is -0.305 e. The van der Waals surface area contributed by atoms with Crippen LogP contribution in [0.5, 0.6) is 0 Å². The summed E-state index contributed by atoms with van der Waals surface area (Å²) < 4.78 is 22.9. The quantitative estimate of drug-likeness (QED) is 0.762. The number of rotatable bonds is 5. The summed E-state index contributed by atoms with van der Waals surface area (Å²) >= 11 is 0. The van der Waals surface area contributed by atoms with Crippen molar-refractivity contribution in [3.05, 3.63) is 29.3 Å². The molecule has 0 atom stereocenters. The van der Waals surface area contributed by atoms with E-state index in [1.165, 1.54) is 12.1 Å². The first-order chi connectivity index (χ1) is 8.62. The van der Waals surface area contributed by atoms with E-state index in [2.05, 4.69) is 0 Å². The fourth-order valence-electron chi connectivity index (χ4n) is 1.50. The molecule has 0 aliphatic carbocycles. The SMILES string of the molecule is CCOP(=O)(OCC)c1cccc(C#N)c1C#N. The van der Waals surface area contributed by atoms with Crippen molar-refractivity contribution in [3.63, 3.8) is 0 Å². The highest BCUT2D eigenvalue weighted by Crippen LogP contribution is 2.47. The fraction of sp³-hybridized carbons (Fsp3) is 0.333. The van der Waals surface area contributed by atoms with E-state index in [-0.39, 0.29) is 29.6 Å². The van der Waals surface area contributed by atoms with E-state index < -0.39 is 7.60 Å². The summed E-state index contributed by atoms with van der Waals surface area (Å²) in [6, 6.07) is 8.31. The van der Waals surface area contributed by atoms with Gasteiger partial charge in [0, 0.05) is 0 Å². The molecular weight excluding hydrogens is 251 g/mol. The highest BCUT2D eigenvalue weighted by Gasteiger charge is 2.30. The molecule has 94 valence electrons. The van der Waals surface area contributed by atoms with Crippen LogP contribution >= 0.6 is 7.60 Å². The van der Waals surface area contributed by atoms with Gasteiger partial charge in [-0.2, -0.15) is 10.5 Å². The zero-order chi connectivity index (χ0) is 13.6. The molecule has 0 unspecified atom stereocenters. The molecule has 0 saturated carbocycles. The van der Waals surface area contributed by atoms with Gasteiger partial charge in [-0.15, -0.1) is 0 Å². The second kappa shape index (κ2) is 6.33. The van der Waals surface area contributed by atoms with Crippen molar-refractivity contribution in [3.8, 4) is 12.1 Å². The summed E-state index contributed by atoms with van der Waals surface area (Å²) in [5, 5.41) is 18.2. The predicted octanol–water partition coefficient (Wildman–Crippen LogP) is 2.32. The lowest BCUT2D eigenvalue weighted by molar-refractivity contribution is 0.230. The molecule has 18 heavy (non-hydrogen) atoms. The van der Waals surface area contributed by atoms with Crippen molar-refractivity contribution in [1.29, 1.82) is 10.5 Å². The van der Waals surface area contributed by atoms with E-state index in [4.69, 9.17) is 19.6 Å². The third kappa shape index (κ3) is 2.78. The largest absolute Gasteiger partial charge is 0.362 e. The van der Waals surface area contributed by atoms with Crippen LogP contribution in [0.15, 0.2) is 18.2 Å². The van der Waals surface area contributed by atoms with Crippen molar-refractivity contribution in [1.82, 2.24) is 0 Å². The standard InChI is InChI=1S/C12H13N2O3P/c1-3-16-18(15,17-4-2)12-7-5-6-10(8-13)11(12)9-14/h5-7H,3-4H2,1-2H3. The molecule has 0 amide bonds. The van der Waals surface area contributed by atoms with Crippen LogP contribution in [0, 0.1) is 22.7 Å². The second-order valence-electron chi connectivity index (χ2n) is 3.26. The maximum absolute atomic E-state index is 12.6. The van der Waals surface area contributed by atoms with Crippen LogP contribution in [0.2, 0.25) is 0 Å². The van der Waals surface area contributed by atoms with Gasteiger partial charge < -0.3 is 9.05 Å². The molecule has 0 radical (unpaired) electrons. The lowest BCUT2D eigenvalue weighted by atomic mass is 10.1. The Morgan fingerprint density at radius 3 is 2.22 bits per heavy atom. The lowest BCUT2D eigenvalue weighted by Crippen LogP contribution is -2.15. The molecular formula is C12H13N2O3P. The number of benzene rings is 1. The monoisotopic (exact) mass is 264 g/mol. The van der Waals surface area contributed by atoms with E-state index in [1.807, 2.05) is 12.1 Å². The molecule has 0 heterocycles. The predicted molar refractivity (Wildman–Crippen MR) is 66.4 cm³/mol. The lowest BCUT2D eigenvalue weighted by Gasteiger charge is -2.18. The van der Waals surface area contributed by atoms with Crippen LogP contribution in [0.4, 0.5) is 0 Å². The number of nitrogens with zero attached hydrogens (tertiary/aromatic N) is 2. The number of hydrogen-bond donors (Lipinski definition) is 0. The molecule has 1 rings (SSSR count). The highest BCUT2D eigenvalue weighted by molar-refractivity contribution is 7.62. The summed E-state index contributed by atoms with van der Waals surface area (Å²) in [4.78, 5) is 0. The summed E-state index contributed by atoms with van der Waals surface area (Å²) in [5.74, 6) is 0. The zero-order valence-corrected chi connectivity index (χ0v) is 11.1. The topological polar surface area (TPSA) is 83.1 Å².